The number of halogens is 1. The van der Waals surface area contributed by atoms with E-state index in [1.54, 1.807) is 19.2 Å². The standard InChI is InChI=1S/C15H21FN6O2S/c1-10-9-11(6-7-12(10)16)19-15(20-23)14-13(21-24-22-14)5-3-4-8-25(2,17)18/h6-7,9,17-18,23H,3-5,8H2,1-2H3,(H,19,20). The lowest BCUT2D eigenvalue weighted by atomic mass is 10.1. The average Bonchev–Trinajstić information content (AvgIpc) is 3.00. The molecule has 1 heterocycles. The van der Waals surface area contributed by atoms with Crippen LogP contribution < -0.4 is 5.48 Å². The van der Waals surface area contributed by atoms with Crippen molar-refractivity contribution in [2.75, 3.05) is 12.0 Å². The number of unbranched alkanes of at least 4 members (excludes halogenated alkanes) is 1. The molecule has 0 spiro atoms. The summed E-state index contributed by atoms with van der Waals surface area (Å²) in [5.74, 6) is 0.250. The average molecular weight is 368 g/mol. The van der Waals surface area contributed by atoms with Gasteiger partial charge in [0.1, 0.15) is 11.5 Å². The molecule has 10 heteroatoms. The van der Waals surface area contributed by atoms with Crippen LogP contribution >= 0.6 is 0 Å². The van der Waals surface area contributed by atoms with Crippen LogP contribution in [-0.2, 0) is 16.0 Å². The predicted octanol–water partition coefficient (Wildman–Crippen LogP) is 3.21. The second-order valence-corrected chi connectivity index (χ2v) is 8.40. The lowest BCUT2D eigenvalue weighted by Gasteiger charge is -2.05. The molecule has 0 fully saturated rings. The van der Waals surface area contributed by atoms with Gasteiger partial charge in [0, 0.05) is 12.0 Å². The van der Waals surface area contributed by atoms with E-state index in [0.717, 1.165) is 12.8 Å². The molecule has 1 aromatic heterocycles. The quantitative estimate of drug-likeness (QED) is 0.258. The zero-order chi connectivity index (χ0) is 18.4. The number of amidine groups is 1. The van der Waals surface area contributed by atoms with Gasteiger partial charge >= 0.3 is 0 Å². The molecular weight excluding hydrogens is 347 g/mol. The maximum absolute atomic E-state index is 13.3. The number of hydroxylamine groups is 1. The minimum atomic E-state index is -2.01. The summed E-state index contributed by atoms with van der Waals surface area (Å²) in [6.07, 6.45) is 3.59. The van der Waals surface area contributed by atoms with E-state index in [2.05, 4.69) is 15.3 Å². The van der Waals surface area contributed by atoms with E-state index in [1.807, 2.05) is 5.48 Å². The molecular formula is C15H21FN6O2S. The molecule has 0 aliphatic heterocycles. The summed E-state index contributed by atoms with van der Waals surface area (Å²) in [4.78, 5) is 4.22. The van der Waals surface area contributed by atoms with Crippen molar-refractivity contribution in [1.29, 1.82) is 9.56 Å². The van der Waals surface area contributed by atoms with Crippen LogP contribution in [0.25, 0.3) is 0 Å². The number of rotatable bonds is 7. The first-order chi connectivity index (χ1) is 11.8. The number of nitrogens with one attached hydrogen (secondary N) is 3. The Labute approximate surface area is 145 Å². The monoisotopic (exact) mass is 368 g/mol. The van der Waals surface area contributed by atoms with Gasteiger partial charge in [0.15, 0.2) is 11.5 Å². The fraction of sp³-hybridized carbons (Fsp3) is 0.400. The Morgan fingerprint density at radius 3 is 2.76 bits per heavy atom. The normalized spacial score (nSPS) is 12.4. The smallest absolute Gasteiger partial charge is 0.181 e. The van der Waals surface area contributed by atoms with Crippen LogP contribution in [0, 0.1) is 22.3 Å². The van der Waals surface area contributed by atoms with E-state index in [9.17, 15) is 9.60 Å². The molecule has 0 saturated carbocycles. The molecule has 25 heavy (non-hydrogen) atoms. The Balaban J connectivity index is 2.14. The van der Waals surface area contributed by atoms with E-state index in [1.165, 1.54) is 12.1 Å². The molecule has 8 nitrogen and oxygen atoms in total. The molecule has 0 atom stereocenters. The predicted molar refractivity (Wildman–Crippen MR) is 93.1 cm³/mol. The lowest BCUT2D eigenvalue weighted by Crippen LogP contribution is -2.22. The first kappa shape index (κ1) is 19.0. The van der Waals surface area contributed by atoms with Gasteiger partial charge in [-0.2, -0.15) is 0 Å². The van der Waals surface area contributed by atoms with Crippen molar-refractivity contribution in [2.24, 2.45) is 4.99 Å². The van der Waals surface area contributed by atoms with Crippen molar-refractivity contribution in [3.8, 4) is 0 Å². The van der Waals surface area contributed by atoms with Crippen LogP contribution in [-0.4, -0.2) is 33.4 Å². The Bertz CT molecular complexity index is 863. The molecule has 0 saturated heterocycles. The van der Waals surface area contributed by atoms with Crippen molar-refractivity contribution in [3.05, 3.63) is 41.0 Å². The van der Waals surface area contributed by atoms with Gasteiger partial charge in [0.2, 0.25) is 0 Å². The Hall–Kier alpha value is -2.33. The second-order valence-electron chi connectivity index (χ2n) is 5.81. The lowest BCUT2D eigenvalue weighted by molar-refractivity contribution is 0.234. The van der Waals surface area contributed by atoms with Gasteiger partial charge in [-0.05, 0) is 55.1 Å². The van der Waals surface area contributed by atoms with E-state index >= 15 is 0 Å². The summed E-state index contributed by atoms with van der Waals surface area (Å²) in [7, 11) is -2.01. The highest BCUT2D eigenvalue weighted by Gasteiger charge is 2.16. The SMILES string of the molecule is Cc1cc(N=C(NO)c2nonc2CCCCS(C)(=N)=N)ccc1F. The van der Waals surface area contributed by atoms with Crippen molar-refractivity contribution in [3.63, 3.8) is 0 Å². The zero-order valence-corrected chi connectivity index (χ0v) is 14.9. The number of aromatic nitrogens is 2. The highest BCUT2D eigenvalue weighted by molar-refractivity contribution is 7.92. The van der Waals surface area contributed by atoms with Gasteiger partial charge < -0.3 is 0 Å². The summed E-state index contributed by atoms with van der Waals surface area (Å²) in [6, 6.07) is 4.33. The molecule has 0 amide bonds. The number of hydrogen-bond donors (Lipinski definition) is 4. The van der Waals surface area contributed by atoms with Gasteiger partial charge in [0.05, 0.1) is 5.69 Å². The summed E-state index contributed by atoms with van der Waals surface area (Å²) in [6.45, 7) is 1.62. The van der Waals surface area contributed by atoms with Crippen molar-refractivity contribution in [2.45, 2.75) is 26.2 Å². The van der Waals surface area contributed by atoms with Crippen LogP contribution in [0.2, 0.25) is 0 Å². The fourth-order valence-electron chi connectivity index (χ4n) is 2.19. The third-order valence-corrected chi connectivity index (χ3v) is 4.59. The Morgan fingerprint density at radius 1 is 1.36 bits per heavy atom. The topological polar surface area (TPSA) is 131 Å². The van der Waals surface area contributed by atoms with Crippen LogP contribution in [0.4, 0.5) is 10.1 Å². The van der Waals surface area contributed by atoms with Gasteiger partial charge in [-0.3, -0.25) is 20.2 Å². The molecule has 2 aromatic rings. The maximum Gasteiger partial charge on any atom is 0.181 e. The van der Waals surface area contributed by atoms with Crippen molar-refractivity contribution < 1.29 is 14.2 Å². The first-order valence-corrected chi connectivity index (χ1v) is 9.83. The molecule has 0 radical (unpaired) electrons. The number of nitrogens with zero attached hydrogens (tertiary/aromatic N) is 3. The number of aliphatic imine (C=N–C) groups is 1. The minimum absolute atomic E-state index is 0.0544. The van der Waals surface area contributed by atoms with Crippen molar-refractivity contribution >= 4 is 21.1 Å². The van der Waals surface area contributed by atoms with E-state index in [0.29, 0.717) is 29.1 Å². The molecule has 4 N–H and O–H groups in total. The summed E-state index contributed by atoms with van der Waals surface area (Å²) < 4.78 is 33.3. The second kappa shape index (κ2) is 8.17. The molecule has 136 valence electrons. The Kier molecular flexibility index (Phi) is 6.21. The minimum Gasteiger partial charge on any atom is -0.290 e. The van der Waals surface area contributed by atoms with Crippen LogP contribution in [0.1, 0.15) is 29.8 Å². The zero-order valence-electron chi connectivity index (χ0n) is 14.0. The molecule has 0 aliphatic carbocycles. The van der Waals surface area contributed by atoms with Crippen LogP contribution in [0.3, 0.4) is 0 Å². The number of benzene rings is 1. The first-order valence-electron chi connectivity index (χ1n) is 7.62. The summed E-state index contributed by atoms with van der Waals surface area (Å²) >= 11 is 0. The number of aryl methyl sites for hydroxylation is 2. The molecule has 0 aliphatic rings. The van der Waals surface area contributed by atoms with Gasteiger partial charge in [-0.25, -0.2) is 14.0 Å². The van der Waals surface area contributed by atoms with E-state index in [4.69, 9.17) is 14.2 Å². The van der Waals surface area contributed by atoms with Gasteiger partial charge in [-0.15, -0.1) is 0 Å². The summed E-state index contributed by atoms with van der Waals surface area (Å²) in [5.41, 5.74) is 3.66. The third kappa shape index (κ3) is 5.61. The largest absolute Gasteiger partial charge is 0.290 e. The molecule has 0 unspecified atom stereocenters. The Morgan fingerprint density at radius 2 is 2.12 bits per heavy atom. The van der Waals surface area contributed by atoms with E-state index < -0.39 is 9.62 Å². The molecule has 2 rings (SSSR count). The maximum atomic E-state index is 13.3. The highest BCUT2D eigenvalue weighted by atomic mass is 32.2. The number of hydrogen-bond acceptors (Lipinski definition) is 7. The fourth-order valence-corrected chi connectivity index (χ4v) is 2.97. The van der Waals surface area contributed by atoms with Crippen LogP contribution in [0.15, 0.2) is 27.8 Å². The molecule has 1 aromatic carbocycles. The molecule has 0 bridgehead atoms. The van der Waals surface area contributed by atoms with Gasteiger partial charge in [0.25, 0.3) is 0 Å². The summed E-state index contributed by atoms with van der Waals surface area (Å²) in [5, 5.41) is 17.0. The van der Waals surface area contributed by atoms with E-state index in [-0.39, 0.29) is 17.3 Å². The van der Waals surface area contributed by atoms with Crippen LogP contribution in [0.5, 0.6) is 0 Å². The van der Waals surface area contributed by atoms with Crippen molar-refractivity contribution in [1.82, 2.24) is 15.8 Å². The third-order valence-electron chi connectivity index (χ3n) is 3.49. The van der Waals surface area contributed by atoms with Gasteiger partial charge in [-0.1, -0.05) is 14.8 Å². The highest BCUT2D eigenvalue weighted by Crippen LogP contribution is 2.18.